The maximum absolute atomic E-state index is 6.32. The van der Waals surface area contributed by atoms with Crippen molar-refractivity contribution in [1.29, 1.82) is 0 Å². The average molecular weight is 317 g/mol. The van der Waals surface area contributed by atoms with Crippen molar-refractivity contribution >= 4 is 23.2 Å². The first-order valence-corrected chi connectivity index (χ1v) is 7.92. The van der Waals surface area contributed by atoms with E-state index in [1.807, 2.05) is 25.1 Å². The summed E-state index contributed by atoms with van der Waals surface area (Å²) in [5.41, 5.74) is 6.93. The van der Waals surface area contributed by atoms with E-state index < -0.39 is 0 Å². The van der Waals surface area contributed by atoms with Crippen LogP contribution in [-0.4, -0.2) is 37.2 Å². The molecule has 0 aromatic heterocycles. The van der Waals surface area contributed by atoms with Gasteiger partial charge in [0.15, 0.2) is 0 Å². The molecule has 1 aliphatic rings. The van der Waals surface area contributed by atoms with Crippen LogP contribution in [-0.2, 0) is 4.74 Å². The minimum absolute atomic E-state index is 0.0551. The van der Waals surface area contributed by atoms with Gasteiger partial charge >= 0.3 is 0 Å². The highest BCUT2D eigenvalue weighted by Gasteiger charge is 2.28. The van der Waals surface area contributed by atoms with Crippen molar-refractivity contribution in [3.05, 3.63) is 33.8 Å². The second kappa shape index (κ2) is 7.62. The minimum atomic E-state index is 0.0551. The number of hydrogen-bond acceptors (Lipinski definition) is 3. The normalized spacial score (nSPS) is 21.9. The number of halogens is 2. The summed E-state index contributed by atoms with van der Waals surface area (Å²) in [6.07, 6.45) is 2.50. The van der Waals surface area contributed by atoms with E-state index in [-0.39, 0.29) is 12.1 Å². The maximum Gasteiger partial charge on any atom is 0.0702 e. The van der Waals surface area contributed by atoms with Crippen LogP contribution >= 0.6 is 23.2 Å². The van der Waals surface area contributed by atoms with Crippen LogP contribution in [0.2, 0.25) is 10.0 Å². The molecule has 0 aliphatic carbocycles. The Hall–Kier alpha value is -0.320. The molecule has 0 spiro atoms. The van der Waals surface area contributed by atoms with Crippen molar-refractivity contribution in [2.24, 2.45) is 5.73 Å². The van der Waals surface area contributed by atoms with Crippen molar-refractivity contribution < 1.29 is 4.74 Å². The molecule has 2 unspecified atom stereocenters. The Morgan fingerprint density at radius 3 is 2.70 bits per heavy atom. The second-order valence-electron chi connectivity index (χ2n) is 5.10. The molecule has 2 N–H and O–H groups in total. The topological polar surface area (TPSA) is 38.5 Å². The molecule has 1 aromatic rings. The van der Waals surface area contributed by atoms with Crippen molar-refractivity contribution in [2.45, 2.75) is 31.9 Å². The predicted molar refractivity (Wildman–Crippen MR) is 84.5 cm³/mol. The lowest BCUT2D eigenvalue weighted by Gasteiger charge is -2.38. The Morgan fingerprint density at radius 2 is 2.10 bits per heavy atom. The highest BCUT2D eigenvalue weighted by atomic mass is 35.5. The standard InChI is InChI=1S/C15H22Cl2N2O/c1-2-20-11-5-4-8-19(10-11)14(9-18)15-12(16)6-3-7-13(15)17/h3,6-7,11,14H,2,4-5,8-10,18H2,1H3. The molecule has 1 aromatic carbocycles. The van der Waals surface area contributed by atoms with Crippen LogP contribution in [0.25, 0.3) is 0 Å². The molecule has 2 atom stereocenters. The number of rotatable bonds is 5. The molecule has 1 aliphatic heterocycles. The zero-order valence-corrected chi connectivity index (χ0v) is 13.3. The molecule has 2 rings (SSSR count). The minimum Gasteiger partial charge on any atom is -0.377 e. The van der Waals surface area contributed by atoms with E-state index in [0.29, 0.717) is 16.6 Å². The Morgan fingerprint density at radius 1 is 1.40 bits per heavy atom. The number of benzene rings is 1. The van der Waals surface area contributed by atoms with Gasteiger partial charge in [-0.05, 0) is 38.4 Å². The van der Waals surface area contributed by atoms with Crippen molar-refractivity contribution in [2.75, 3.05) is 26.2 Å². The van der Waals surface area contributed by atoms with E-state index in [1.54, 1.807) is 0 Å². The molecule has 1 heterocycles. The van der Waals surface area contributed by atoms with Crippen LogP contribution in [0.3, 0.4) is 0 Å². The van der Waals surface area contributed by atoms with Gasteiger partial charge in [0.05, 0.1) is 12.1 Å². The smallest absolute Gasteiger partial charge is 0.0702 e. The van der Waals surface area contributed by atoms with Crippen LogP contribution in [0.5, 0.6) is 0 Å². The molecule has 0 bridgehead atoms. The highest BCUT2D eigenvalue weighted by molar-refractivity contribution is 6.36. The Labute approximate surface area is 131 Å². The molecular weight excluding hydrogens is 295 g/mol. The lowest BCUT2D eigenvalue weighted by atomic mass is 10.0. The SMILES string of the molecule is CCOC1CCCN(C(CN)c2c(Cl)cccc2Cl)C1. The number of piperidine rings is 1. The van der Waals surface area contributed by atoms with Gasteiger partial charge in [0, 0.05) is 35.3 Å². The quantitative estimate of drug-likeness (QED) is 0.903. The number of likely N-dealkylation sites (tertiary alicyclic amines) is 1. The fraction of sp³-hybridized carbons (Fsp3) is 0.600. The Kier molecular flexibility index (Phi) is 6.12. The van der Waals surface area contributed by atoms with Crippen LogP contribution in [0, 0.1) is 0 Å². The van der Waals surface area contributed by atoms with Gasteiger partial charge in [-0.25, -0.2) is 0 Å². The molecule has 0 saturated carbocycles. The molecule has 5 heteroatoms. The van der Waals surface area contributed by atoms with Gasteiger partial charge < -0.3 is 10.5 Å². The maximum atomic E-state index is 6.32. The van der Waals surface area contributed by atoms with Gasteiger partial charge in [-0.2, -0.15) is 0 Å². The fourth-order valence-corrected chi connectivity index (χ4v) is 3.55. The number of hydrogen-bond donors (Lipinski definition) is 1. The molecule has 0 radical (unpaired) electrons. The first-order chi connectivity index (χ1) is 9.67. The third kappa shape index (κ3) is 3.66. The van der Waals surface area contributed by atoms with Crippen molar-refractivity contribution in [3.63, 3.8) is 0 Å². The molecule has 3 nitrogen and oxygen atoms in total. The van der Waals surface area contributed by atoms with Gasteiger partial charge in [0.25, 0.3) is 0 Å². The van der Waals surface area contributed by atoms with E-state index in [2.05, 4.69) is 4.90 Å². The summed E-state index contributed by atoms with van der Waals surface area (Å²) in [5.74, 6) is 0. The lowest BCUT2D eigenvalue weighted by molar-refractivity contribution is -0.00657. The highest BCUT2D eigenvalue weighted by Crippen LogP contribution is 2.34. The van der Waals surface area contributed by atoms with Gasteiger partial charge in [-0.3, -0.25) is 4.90 Å². The molecule has 20 heavy (non-hydrogen) atoms. The zero-order chi connectivity index (χ0) is 14.5. The average Bonchev–Trinajstić information content (AvgIpc) is 2.44. The lowest BCUT2D eigenvalue weighted by Crippen LogP contribution is -2.44. The fourth-order valence-electron chi connectivity index (χ4n) is 2.90. The predicted octanol–water partition coefficient (Wildman–Crippen LogP) is 3.49. The summed E-state index contributed by atoms with van der Waals surface area (Å²) in [5, 5.41) is 1.37. The third-order valence-electron chi connectivity index (χ3n) is 3.81. The summed E-state index contributed by atoms with van der Waals surface area (Å²) >= 11 is 12.6. The van der Waals surface area contributed by atoms with E-state index in [1.165, 1.54) is 0 Å². The number of nitrogens with zero attached hydrogens (tertiary/aromatic N) is 1. The van der Waals surface area contributed by atoms with Crippen LogP contribution in [0.15, 0.2) is 18.2 Å². The van der Waals surface area contributed by atoms with Gasteiger partial charge in [0.1, 0.15) is 0 Å². The third-order valence-corrected chi connectivity index (χ3v) is 4.47. The summed E-state index contributed by atoms with van der Waals surface area (Å²) in [6, 6.07) is 5.66. The van der Waals surface area contributed by atoms with E-state index in [9.17, 15) is 0 Å². The first kappa shape index (κ1) is 16.1. The van der Waals surface area contributed by atoms with E-state index >= 15 is 0 Å². The van der Waals surface area contributed by atoms with E-state index in [4.69, 9.17) is 33.7 Å². The molecule has 1 fully saturated rings. The van der Waals surface area contributed by atoms with Gasteiger partial charge in [-0.1, -0.05) is 29.3 Å². The van der Waals surface area contributed by atoms with Crippen LogP contribution in [0.4, 0.5) is 0 Å². The first-order valence-electron chi connectivity index (χ1n) is 7.17. The molecule has 112 valence electrons. The van der Waals surface area contributed by atoms with Crippen LogP contribution in [0.1, 0.15) is 31.4 Å². The summed E-state index contributed by atoms with van der Waals surface area (Å²) in [6.45, 7) is 5.18. The summed E-state index contributed by atoms with van der Waals surface area (Å²) < 4.78 is 5.76. The Bertz CT molecular complexity index is 420. The van der Waals surface area contributed by atoms with Crippen molar-refractivity contribution in [3.8, 4) is 0 Å². The van der Waals surface area contributed by atoms with Gasteiger partial charge in [0.2, 0.25) is 0 Å². The van der Waals surface area contributed by atoms with Gasteiger partial charge in [-0.15, -0.1) is 0 Å². The number of nitrogens with two attached hydrogens (primary N) is 1. The Balaban J connectivity index is 2.19. The monoisotopic (exact) mass is 316 g/mol. The molecule has 0 amide bonds. The largest absolute Gasteiger partial charge is 0.377 e. The second-order valence-corrected chi connectivity index (χ2v) is 5.92. The van der Waals surface area contributed by atoms with Crippen LogP contribution < -0.4 is 5.73 Å². The summed E-state index contributed by atoms with van der Waals surface area (Å²) in [7, 11) is 0. The summed E-state index contributed by atoms with van der Waals surface area (Å²) in [4.78, 5) is 2.34. The van der Waals surface area contributed by atoms with Crippen molar-refractivity contribution in [1.82, 2.24) is 4.90 Å². The molecule has 1 saturated heterocycles. The number of ether oxygens (including phenoxy) is 1. The van der Waals surface area contributed by atoms with E-state index in [0.717, 1.165) is 38.1 Å². The zero-order valence-electron chi connectivity index (χ0n) is 11.8. The molecular formula is C15H22Cl2N2O.